The molecule has 0 aliphatic heterocycles. The molecule has 1 saturated carbocycles. The molecule has 0 unspecified atom stereocenters. The van der Waals surface area contributed by atoms with Gasteiger partial charge in [-0.2, -0.15) is 5.26 Å². The summed E-state index contributed by atoms with van der Waals surface area (Å²) in [7, 11) is 0. The molecule has 0 atom stereocenters. The molecule has 0 bridgehead atoms. The first kappa shape index (κ1) is 28.2. The fourth-order valence-corrected chi connectivity index (χ4v) is 5.48. The van der Waals surface area contributed by atoms with Crippen molar-refractivity contribution in [2.24, 2.45) is 11.8 Å². The molecule has 1 aliphatic rings. The molecule has 1 fully saturated rings. The molecular formula is C34H39N5O2. The highest BCUT2D eigenvalue weighted by molar-refractivity contribution is 5.92. The number of hydrogen-bond donors (Lipinski definition) is 1. The number of benzene rings is 2. The van der Waals surface area contributed by atoms with Crippen LogP contribution in [-0.4, -0.2) is 28.5 Å². The zero-order valence-corrected chi connectivity index (χ0v) is 24.1. The second kappa shape index (κ2) is 13.4. The van der Waals surface area contributed by atoms with Crippen molar-refractivity contribution in [1.82, 2.24) is 14.9 Å². The van der Waals surface area contributed by atoms with Crippen molar-refractivity contribution >= 4 is 11.6 Å². The van der Waals surface area contributed by atoms with Gasteiger partial charge in [-0.15, -0.1) is 0 Å². The number of aromatic nitrogens is 2. The van der Waals surface area contributed by atoms with Gasteiger partial charge in [0.15, 0.2) is 5.76 Å². The lowest BCUT2D eigenvalue weighted by Gasteiger charge is -2.31. The molecule has 1 N–H and O–H groups in total. The third kappa shape index (κ3) is 7.46. The summed E-state index contributed by atoms with van der Waals surface area (Å²) < 4.78 is 8.10. The first-order valence-electron chi connectivity index (χ1n) is 14.7. The van der Waals surface area contributed by atoms with Crippen LogP contribution in [-0.2, 0) is 13.1 Å². The van der Waals surface area contributed by atoms with Crippen LogP contribution in [0.2, 0.25) is 0 Å². The molecule has 0 spiro atoms. The lowest BCUT2D eigenvalue weighted by Crippen LogP contribution is -2.31. The van der Waals surface area contributed by atoms with Gasteiger partial charge in [-0.1, -0.05) is 45.2 Å². The predicted octanol–water partition coefficient (Wildman–Crippen LogP) is 7.04. The van der Waals surface area contributed by atoms with E-state index < -0.39 is 0 Å². The number of hydrogen-bond acceptors (Lipinski definition) is 5. The standard InChI is InChI=1S/C34H39N5O2/c1-25(2)19-37-34(40)33-17-16-32(41-33)29-12-14-30(15-13-29)38(21-27-6-4-3-5-7-27)23-31-20-36-24-39(31)22-28-10-8-26(18-35)9-11-28/h8-17,20,24-25,27H,3-7,19,21-23H2,1-2H3,(H,37,40). The number of nitrogens with one attached hydrogen (secondary N) is 1. The predicted molar refractivity (Wildman–Crippen MR) is 161 cm³/mol. The lowest BCUT2D eigenvalue weighted by atomic mass is 9.89. The Kier molecular flexibility index (Phi) is 9.20. The van der Waals surface area contributed by atoms with Crippen molar-refractivity contribution in [2.75, 3.05) is 18.0 Å². The van der Waals surface area contributed by atoms with Crippen molar-refractivity contribution in [2.45, 2.75) is 59.0 Å². The van der Waals surface area contributed by atoms with Crippen LogP contribution in [0.25, 0.3) is 11.3 Å². The Morgan fingerprint density at radius 2 is 1.83 bits per heavy atom. The topological polar surface area (TPSA) is 87.1 Å². The number of anilines is 1. The molecule has 41 heavy (non-hydrogen) atoms. The van der Waals surface area contributed by atoms with Crippen molar-refractivity contribution in [3.63, 3.8) is 0 Å². The molecule has 4 aromatic rings. The van der Waals surface area contributed by atoms with Crippen molar-refractivity contribution in [1.29, 1.82) is 5.26 Å². The molecule has 0 saturated heterocycles. The Morgan fingerprint density at radius 1 is 1.07 bits per heavy atom. The highest BCUT2D eigenvalue weighted by atomic mass is 16.3. The average molecular weight is 550 g/mol. The van der Waals surface area contributed by atoms with Gasteiger partial charge >= 0.3 is 0 Å². The summed E-state index contributed by atoms with van der Waals surface area (Å²) in [4.78, 5) is 19.4. The van der Waals surface area contributed by atoms with Crippen LogP contribution in [0.3, 0.4) is 0 Å². The van der Waals surface area contributed by atoms with E-state index in [0.29, 0.717) is 42.0 Å². The van der Waals surface area contributed by atoms with Gasteiger partial charge in [-0.25, -0.2) is 4.98 Å². The van der Waals surface area contributed by atoms with Gasteiger partial charge in [0.05, 0.1) is 30.2 Å². The van der Waals surface area contributed by atoms with Gasteiger partial charge in [-0.05, 0) is 78.8 Å². The maximum Gasteiger partial charge on any atom is 0.287 e. The second-order valence-electron chi connectivity index (χ2n) is 11.5. The molecule has 0 radical (unpaired) electrons. The van der Waals surface area contributed by atoms with E-state index in [-0.39, 0.29) is 5.91 Å². The molecule has 1 aliphatic carbocycles. The maximum absolute atomic E-state index is 12.4. The van der Waals surface area contributed by atoms with Crippen molar-refractivity contribution in [3.05, 3.63) is 95.8 Å². The van der Waals surface area contributed by atoms with E-state index in [1.807, 2.05) is 42.9 Å². The van der Waals surface area contributed by atoms with Gasteiger partial charge in [0.25, 0.3) is 5.91 Å². The average Bonchev–Trinajstić information content (AvgIpc) is 3.67. The number of carbonyl (C=O) groups is 1. The van der Waals surface area contributed by atoms with Gasteiger partial charge in [0, 0.05) is 37.1 Å². The summed E-state index contributed by atoms with van der Waals surface area (Å²) in [6.45, 7) is 7.22. The number of furan rings is 1. The number of amides is 1. The van der Waals surface area contributed by atoms with Crippen molar-refractivity contribution < 1.29 is 9.21 Å². The summed E-state index contributed by atoms with van der Waals surface area (Å²) >= 11 is 0. The Morgan fingerprint density at radius 3 is 2.54 bits per heavy atom. The van der Waals surface area contributed by atoms with Gasteiger partial charge in [-0.3, -0.25) is 4.79 Å². The fraction of sp³-hybridized carbons (Fsp3) is 0.382. The number of imidazole rings is 1. The third-order valence-corrected chi connectivity index (χ3v) is 7.81. The second-order valence-corrected chi connectivity index (χ2v) is 11.5. The SMILES string of the molecule is CC(C)CNC(=O)c1ccc(-c2ccc(N(Cc3cncn3Cc3ccc(C#N)cc3)CC3CCCCC3)cc2)o1. The van der Waals surface area contributed by atoms with Crippen molar-refractivity contribution in [3.8, 4) is 17.4 Å². The number of carbonyl (C=O) groups excluding carboxylic acids is 1. The highest BCUT2D eigenvalue weighted by Gasteiger charge is 2.20. The molecule has 1 amide bonds. The van der Waals surface area contributed by atoms with Crippen LogP contribution in [0.15, 0.2) is 77.6 Å². The van der Waals surface area contributed by atoms with E-state index >= 15 is 0 Å². The zero-order chi connectivity index (χ0) is 28.6. The maximum atomic E-state index is 12.4. The monoisotopic (exact) mass is 549 g/mol. The minimum absolute atomic E-state index is 0.183. The molecule has 2 aromatic heterocycles. The summed E-state index contributed by atoms with van der Waals surface area (Å²) in [5.41, 5.74) is 5.06. The van der Waals surface area contributed by atoms with E-state index in [1.165, 1.54) is 32.1 Å². The zero-order valence-electron chi connectivity index (χ0n) is 24.1. The minimum Gasteiger partial charge on any atom is -0.451 e. The minimum atomic E-state index is -0.183. The molecular weight excluding hydrogens is 510 g/mol. The van der Waals surface area contributed by atoms with Crippen LogP contribution in [0, 0.1) is 23.2 Å². The Hall–Kier alpha value is -4.31. The van der Waals surface area contributed by atoms with Crippen LogP contribution in [0.1, 0.15) is 73.3 Å². The number of nitriles is 1. The smallest absolute Gasteiger partial charge is 0.287 e. The van der Waals surface area contributed by atoms with E-state index in [4.69, 9.17) is 9.68 Å². The molecule has 2 heterocycles. The van der Waals surface area contributed by atoms with Gasteiger partial charge in [0.1, 0.15) is 5.76 Å². The molecule has 7 heteroatoms. The molecule has 2 aromatic carbocycles. The fourth-order valence-electron chi connectivity index (χ4n) is 5.48. The number of rotatable bonds is 11. The van der Waals surface area contributed by atoms with Gasteiger partial charge < -0.3 is 19.2 Å². The quantitative estimate of drug-likeness (QED) is 0.217. The summed E-state index contributed by atoms with van der Waals surface area (Å²) in [6, 6.07) is 22.0. The van der Waals surface area contributed by atoms with Gasteiger partial charge in [0.2, 0.25) is 0 Å². The lowest BCUT2D eigenvalue weighted by molar-refractivity contribution is 0.0922. The van der Waals surface area contributed by atoms with E-state index in [1.54, 1.807) is 6.07 Å². The highest BCUT2D eigenvalue weighted by Crippen LogP contribution is 2.30. The van der Waals surface area contributed by atoms with Crippen LogP contribution in [0.4, 0.5) is 5.69 Å². The summed E-state index contributed by atoms with van der Waals surface area (Å²) in [5.74, 6) is 1.89. The van der Waals surface area contributed by atoms with Crippen LogP contribution < -0.4 is 10.2 Å². The van der Waals surface area contributed by atoms with E-state index in [9.17, 15) is 4.79 Å². The Labute approximate surface area is 242 Å². The van der Waals surface area contributed by atoms with E-state index in [2.05, 4.69) is 63.9 Å². The molecule has 5 rings (SSSR count). The Balaban J connectivity index is 1.33. The Bertz CT molecular complexity index is 1450. The first-order valence-corrected chi connectivity index (χ1v) is 14.7. The van der Waals surface area contributed by atoms with E-state index in [0.717, 1.165) is 35.6 Å². The van der Waals surface area contributed by atoms with Crippen LogP contribution >= 0.6 is 0 Å². The summed E-state index contributed by atoms with van der Waals surface area (Å²) in [5, 5.41) is 12.0. The largest absolute Gasteiger partial charge is 0.451 e. The number of nitrogens with zero attached hydrogens (tertiary/aromatic N) is 4. The molecule has 212 valence electrons. The first-order chi connectivity index (χ1) is 20.0. The molecule has 7 nitrogen and oxygen atoms in total. The van der Waals surface area contributed by atoms with Crippen LogP contribution in [0.5, 0.6) is 0 Å². The third-order valence-electron chi connectivity index (χ3n) is 7.81. The normalized spacial score (nSPS) is 13.7. The summed E-state index contributed by atoms with van der Waals surface area (Å²) in [6.07, 6.45) is 10.3.